The molecule has 0 saturated heterocycles. The summed E-state index contributed by atoms with van der Waals surface area (Å²) in [7, 11) is 0. The predicted octanol–water partition coefficient (Wildman–Crippen LogP) is 4.29. The Morgan fingerprint density at radius 1 is 1.14 bits per heavy atom. The van der Waals surface area contributed by atoms with Gasteiger partial charge in [0.05, 0.1) is 17.2 Å². The van der Waals surface area contributed by atoms with E-state index < -0.39 is 0 Å². The number of hydrogen-bond donors (Lipinski definition) is 1. The second-order valence-electron chi connectivity index (χ2n) is 4.49. The van der Waals surface area contributed by atoms with Crippen molar-refractivity contribution in [1.82, 2.24) is 5.16 Å². The molecule has 0 amide bonds. The number of benzene rings is 2. The summed E-state index contributed by atoms with van der Waals surface area (Å²) in [5.74, 6) is 0.0149. The molecule has 1 heterocycles. The maximum absolute atomic E-state index is 13.3. The normalized spacial score (nSPS) is 10.8. The van der Waals surface area contributed by atoms with Crippen LogP contribution in [-0.4, -0.2) is 10.3 Å². The van der Waals surface area contributed by atoms with Crippen LogP contribution in [0.3, 0.4) is 0 Å². The molecule has 0 unspecified atom stereocenters. The molecule has 3 nitrogen and oxygen atoms in total. The molecule has 0 saturated carbocycles. The summed E-state index contributed by atoms with van der Waals surface area (Å²) < 4.78 is 18.7. The summed E-state index contributed by atoms with van der Waals surface area (Å²) in [4.78, 5) is 0. The summed E-state index contributed by atoms with van der Waals surface area (Å²) in [5, 5.41) is 14.1. The quantitative estimate of drug-likeness (QED) is 0.785. The Balaban J connectivity index is 2.16. The third-order valence-electron chi connectivity index (χ3n) is 3.16. The van der Waals surface area contributed by atoms with Crippen LogP contribution in [0.5, 0.6) is 0 Å². The van der Waals surface area contributed by atoms with Gasteiger partial charge in [0.1, 0.15) is 11.5 Å². The lowest BCUT2D eigenvalue weighted by atomic mass is 10.0. The molecule has 21 heavy (non-hydrogen) atoms. The standard InChI is InChI=1S/C16H11ClFNO2/c17-14-7-2-1-6-12(14)16-13(9-20)15(19-21-16)10-4-3-5-11(18)8-10/h1-8,20H,9H2. The van der Waals surface area contributed by atoms with Gasteiger partial charge in [0.2, 0.25) is 0 Å². The lowest BCUT2D eigenvalue weighted by molar-refractivity contribution is 0.281. The molecule has 0 radical (unpaired) electrons. The van der Waals surface area contributed by atoms with E-state index in [0.29, 0.717) is 33.2 Å². The van der Waals surface area contributed by atoms with E-state index in [2.05, 4.69) is 5.16 Å². The molecule has 0 aliphatic carbocycles. The Labute approximate surface area is 125 Å². The second-order valence-corrected chi connectivity index (χ2v) is 4.89. The average Bonchev–Trinajstić information content (AvgIpc) is 2.91. The zero-order chi connectivity index (χ0) is 14.8. The Hall–Kier alpha value is -2.17. The van der Waals surface area contributed by atoms with Gasteiger partial charge in [-0.2, -0.15) is 0 Å². The summed E-state index contributed by atoms with van der Waals surface area (Å²) in [6, 6.07) is 13.1. The molecule has 3 rings (SSSR count). The van der Waals surface area contributed by atoms with Crippen LogP contribution in [0.2, 0.25) is 5.02 Å². The van der Waals surface area contributed by atoms with E-state index in [9.17, 15) is 9.50 Å². The van der Waals surface area contributed by atoms with E-state index in [4.69, 9.17) is 16.1 Å². The highest BCUT2D eigenvalue weighted by atomic mass is 35.5. The molecule has 0 spiro atoms. The fraction of sp³-hybridized carbons (Fsp3) is 0.0625. The van der Waals surface area contributed by atoms with Crippen molar-refractivity contribution in [1.29, 1.82) is 0 Å². The van der Waals surface area contributed by atoms with Gasteiger partial charge in [0.25, 0.3) is 0 Å². The molecular weight excluding hydrogens is 293 g/mol. The molecule has 0 bridgehead atoms. The number of rotatable bonds is 3. The van der Waals surface area contributed by atoms with Gasteiger partial charge in [-0.1, -0.05) is 41.0 Å². The smallest absolute Gasteiger partial charge is 0.174 e. The van der Waals surface area contributed by atoms with Gasteiger partial charge >= 0.3 is 0 Å². The first-order chi connectivity index (χ1) is 10.2. The van der Waals surface area contributed by atoms with Gasteiger partial charge in [0.15, 0.2) is 5.76 Å². The van der Waals surface area contributed by atoms with Crippen LogP contribution < -0.4 is 0 Å². The monoisotopic (exact) mass is 303 g/mol. The van der Waals surface area contributed by atoms with Gasteiger partial charge in [-0.05, 0) is 24.3 Å². The van der Waals surface area contributed by atoms with E-state index in [-0.39, 0.29) is 12.4 Å². The number of aromatic nitrogens is 1. The summed E-state index contributed by atoms with van der Waals surface area (Å²) in [5.41, 5.74) is 2.07. The molecule has 2 aromatic carbocycles. The minimum absolute atomic E-state index is 0.282. The Kier molecular flexibility index (Phi) is 3.73. The zero-order valence-corrected chi connectivity index (χ0v) is 11.6. The van der Waals surface area contributed by atoms with E-state index >= 15 is 0 Å². The Morgan fingerprint density at radius 2 is 1.95 bits per heavy atom. The van der Waals surface area contributed by atoms with Crippen molar-refractivity contribution in [2.75, 3.05) is 0 Å². The number of halogens is 2. The first-order valence-corrected chi connectivity index (χ1v) is 6.68. The largest absolute Gasteiger partial charge is 0.391 e. The third-order valence-corrected chi connectivity index (χ3v) is 3.49. The van der Waals surface area contributed by atoms with Gasteiger partial charge in [0, 0.05) is 11.1 Å². The lowest BCUT2D eigenvalue weighted by Crippen LogP contribution is -1.90. The first kappa shape index (κ1) is 13.8. The van der Waals surface area contributed by atoms with Gasteiger partial charge in [-0.15, -0.1) is 0 Å². The van der Waals surface area contributed by atoms with E-state index in [1.807, 2.05) is 6.07 Å². The van der Waals surface area contributed by atoms with E-state index in [0.717, 1.165) is 0 Å². The van der Waals surface area contributed by atoms with Crippen molar-refractivity contribution in [3.05, 3.63) is 64.9 Å². The highest BCUT2D eigenvalue weighted by molar-refractivity contribution is 6.33. The molecule has 1 aromatic heterocycles. The molecule has 106 valence electrons. The molecule has 0 aliphatic rings. The molecule has 5 heteroatoms. The molecule has 3 aromatic rings. The molecule has 0 fully saturated rings. The zero-order valence-electron chi connectivity index (χ0n) is 10.9. The summed E-state index contributed by atoms with van der Waals surface area (Å²) in [6.45, 7) is -0.282. The van der Waals surface area contributed by atoms with Crippen LogP contribution in [0, 0.1) is 5.82 Å². The topological polar surface area (TPSA) is 46.3 Å². The minimum Gasteiger partial charge on any atom is -0.391 e. The number of aliphatic hydroxyl groups excluding tert-OH is 1. The molecule has 0 aliphatic heterocycles. The molecule has 1 N–H and O–H groups in total. The Morgan fingerprint density at radius 3 is 2.67 bits per heavy atom. The fourth-order valence-electron chi connectivity index (χ4n) is 2.18. The number of hydrogen-bond acceptors (Lipinski definition) is 3. The predicted molar refractivity (Wildman–Crippen MR) is 78.3 cm³/mol. The highest BCUT2D eigenvalue weighted by Crippen LogP contribution is 2.35. The third kappa shape index (κ3) is 2.55. The molecule has 0 atom stereocenters. The van der Waals surface area contributed by atoms with E-state index in [1.54, 1.807) is 30.3 Å². The van der Waals surface area contributed by atoms with Crippen LogP contribution in [0.1, 0.15) is 5.56 Å². The minimum atomic E-state index is -0.376. The fourth-order valence-corrected chi connectivity index (χ4v) is 2.40. The average molecular weight is 304 g/mol. The van der Waals surface area contributed by atoms with Crippen LogP contribution in [0.15, 0.2) is 53.1 Å². The van der Waals surface area contributed by atoms with Gasteiger partial charge in [-0.3, -0.25) is 0 Å². The van der Waals surface area contributed by atoms with Crippen LogP contribution >= 0.6 is 11.6 Å². The van der Waals surface area contributed by atoms with Crippen molar-refractivity contribution in [2.45, 2.75) is 6.61 Å². The first-order valence-electron chi connectivity index (χ1n) is 6.31. The van der Waals surface area contributed by atoms with Crippen molar-refractivity contribution in [3.8, 4) is 22.6 Å². The second kappa shape index (κ2) is 5.68. The van der Waals surface area contributed by atoms with E-state index in [1.165, 1.54) is 12.1 Å². The number of aliphatic hydroxyl groups is 1. The van der Waals surface area contributed by atoms with Crippen molar-refractivity contribution < 1.29 is 14.0 Å². The van der Waals surface area contributed by atoms with Crippen LogP contribution in [-0.2, 0) is 6.61 Å². The van der Waals surface area contributed by atoms with Crippen molar-refractivity contribution >= 4 is 11.6 Å². The Bertz CT molecular complexity index is 785. The SMILES string of the molecule is OCc1c(-c2cccc(F)c2)noc1-c1ccccc1Cl. The van der Waals surface area contributed by atoms with Crippen molar-refractivity contribution in [2.24, 2.45) is 0 Å². The van der Waals surface area contributed by atoms with Crippen LogP contribution in [0.25, 0.3) is 22.6 Å². The lowest BCUT2D eigenvalue weighted by Gasteiger charge is -2.03. The summed E-state index contributed by atoms with van der Waals surface area (Å²) in [6.07, 6.45) is 0. The van der Waals surface area contributed by atoms with Gasteiger partial charge in [-0.25, -0.2) is 4.39 Å². The summed E-state index contributed by atoms with van der Waals surface area (Å²) >= 11 is 6.14. The van der Waals surface area contributed by atoms with Gasteiger partial charge < -0.3 is 9.63 Å². The maximum atomic E-state index is 13.3. The van der Waals surface area contributed by atoms with Crippen LogP contribution in [0.4, 0.5) is 4.39 Å². The molecular formula is C16H11ClFNO2. The van der Waals surface area contributed by atoms with Crippen molar-refractivity contribution in [3.63, 3.8) is 0 Å². The highest BCUT2D eigenvalue weighted by Gasteiger charge is 2.20. The number of nitrogens with zero attached hydrogens (tertiary/aromatic N) is 1. The maximum Gasteiger partial charge on any atom is 0.174 e.